The van der Waals surface area contributed by atoms with E-state index in [0.717, 1.165) is 6.07 Å². The van der Waals surface area contributed by atoms with E-state index in [1.54, 1.807) is 0 Å². The molecule has 0 atom stereocenters. The lowest BCUT2D eigenvalue weighted by Gasteiger charge is -2.11. The first kappa shape index (κ1) is 15.2. The molecule has 0 radical (unpaired) electrons. The fourth-order valence-electron chi connectivity index (χ4n) is 1.67. The van der Waals surface area contributed by atoms with Gasteiger partial charge < -0.3 is 5.43 Å². The van der Waals surface area contributed by atoms with E-state index in [1.807, 2.05) is 4.72 Å². The zero-order valence-electron chi connectivity index (χ0n) is 11.0. The molecule has 0 unspecified atom stereocenters. The van der Waals surface area contributed by atoms with E-state index in [2.05, 4.69) is 5.43 Å². The molecular weight excluding hydrogens is 300 g/mol. The van der Waals surface area contributed by atoms with E-state index < -0.39 is 27.3 Å². The molecule has 8 heteroatoms. The second-order valence-corrected chi connectivity index (χ2v) is 6.01. The summed E-state index contributed by atoms with van der Waals surface area (Å²) < 4.78 is 53.6. The second-order valence-electron chi connectivity index (χ2n) is 4.33. The average Bonchev–Trinajstić information content (AvgIpc) is 2.48. The Bertz CT molecular complexity index is 762. The van der Waals surface area contributed by atoms with Crippen LogP contribution in [-0.4, -0.2) is 8.42 Å². The molecule has 2 rings (SSSR count). The van der Waals surface area contributed by atoms with Crippen LogP contribution in [0.2, 0.25) is 0 Å². The van der Waals surface area contributed by atoms with Crippen LogP contribution in [0.25, 0.3) is 0 Å². The van der Waals surface area contributed by atoms with Gasteiger partial charge in [-0.3, -0.25) is 10.6 Å². The lowest BCUT2D eigenvalue weighted by molar-refractivity contribution is 0.579. The molecule has 0 aromatic heterocycles. The molecule has 0 amide bonds. The van der Waals surface area contributed by atoms with Gasteiger partial charge in [0.1, 0.15) is 11.5 Å². The van der Waals surface area contributed by atoms with E-state index >= 15 is 0 Å². The van der Waals surface area contributed by atoms with Gasteiger partial charge >= 0.3 is 0 Å². The highest BCUT2D eigenvalue weighted by atomic mass is 32.2. The number of hydrazine groups is 1. The summed E-state index contributed by atoms with van der Waals surface area (Å²) in [6.45, 7) is 1.41. The molecule has 5 nitrogen and oxygen atoms in total. The zero-order valence-corrected chi connectivity index (χ0v) is 11.8. The number of rotatable bonds is 4. The van der Waals surface area contributed by atoms with E-state index in [9.17, 15) is 17.2 Å². The molecule has 0 saturated carbocycles. The Morgan fingerprint density at radius 2 is 1.67 bits per heavy atom. The summed E-state index contributed by atoms with van der Waals surface area (Å²) in [7, 11) is -4.10. The number of hydrogen-bond donors (Lipinski definition) is 3. The summed E-state index contributed by atoms with van der Waals surface area (Å²) in [5.41, 5.74) is 2.29. The maximum absolute atomic E-state index is 13.8. The van der Waals surface area contributed by atoms with Crippen LogP contribution >= 0.6 is 0 Å². The Balaban J connectivity index is 2.39. The Labute approximate surface area is 120 Å². The first-order valence-corrected chi connectivity index (χ1v) is 7.37. The van der Waals surface area contributed by atoms with Gasteiger partial charge in [-0.05, 0) is 42.8 Å². The molecule has 2 aromatic carbocycles. The Morgan fingerprint density at radius 3 is 2.24 bits per heavy atom. The number of benzene rings is 2. The topological polar surface area (TPSA) is 84.2 Å². The molecule has 0 aliphatic rings. The molecule has 112 valence electrons. The van der Waals surface area contributed by atoms with Gasteiger partial charge in [0, 0.05) is 5.69 Å². The molecule has 0 fully saturated rings. The standard InChI is InChI=1S/C13H13F2N3O2S/c1-8-2-7-11(14)13(12(8)15)18-21(19,20)10-5-3-9(17-16)4-6-10/h2-7,17-18H,16H2,1H3. The van der Waals surface area contributed by atoms with Crippen molar-refractivity contribution in [3.63, 3.8) is 0 Å². The van der Waals surface area contributed by atoms with Crippen molar-refractivity contribution < 1.29 is 17.2 Å². The molecule has 0 bridgehead atoms. The molecule has 0 aliphatic carbocycles. The number of halogens is 2. The molecule has 0 saturated heterocycles. The highest BCUT2D eigenvalue weighted by Gasteiger charge is 2.20. The molecule has 2 aromatic rings. The van der Waals surface area contributed by atoms with Crippen molar-refractivity contribution in [2.75, 3.05) is 10.1 Å². The first-order valence-electron chi connectivity index (χ1n) is 5.89. The minimum atomic E-state index is -4.10. The minimum absolute atomic E-state index is 0.136. The molecule has 0 spiro atoms. The third-order valence-electron chi connectivity index (χ3n) is 2.85. The summed E-state index contributed by atoms with van der Waals surface area (Å²) in [6.07, 6.45) is 0. The van der Waals surface area contributed by atoms with Crippen LogP contribution in [0.3, 0.4) is 0 Å². The molecular formula is C13H13F2N3O2S. The van der Waals surface area contributed by atoms with Gasteiger partial charge in [-0.15, -0.1) is 0 Å². The summed E-state index contributed by atoms with van der Waals surface area (Å²) in [5.74, 6) is 3.24. The van der Waals surface area contributed by atoms with Crippen molar-refractivity contribution in [3.8, 4) is 0 Å². The minimum Gasteiger partial charge on any atom is -0.324 e. The van der Waals surface area contributed by atoms with Gasteiger partial charge in [0.15, 0.2) is 5.82 Å². The number of anilines is 2. The van der Waals surface area contributed by atoms with E-state index in [-0.39, 0.29) is 10.5 Å². The molecule has 4 N–H and O–H groups in total. The van der Waals surface area contributed by atoms with Crippen LogP contribution in [0.4, 0.5) is 20.2 Å². The molecule has 0 heterocycles. The quantitative estimate of drug-likeness (QED) is 0.597. The Morgan fingerprint density at radius 1 is 1.05 bits per heavy atom. The van der Waals surface area contributed by atoms with Gasteiger partial charge in [0.05, 0.1) is 4.90 Å². The monoisotopic (exact) mass is 313 g/mol. The van der Waals surface area contributed by atoms with Crippen LogP contribution in [-0.2, 0) is 10.0 Å². The van der Waals surface area contributed by atoms with Crippen LogP contribution in [0, 0.1) is 18.6 Å². The number of hydrogen-bond acceptors (Lipinski definition) is 4. The average molecular weight is 313 g/mol. The maximum Gasteiger partial charge on any atom is 0.262 e. The Kier molecular flexibility index (Phi) is 4.10. The number of nitrogen functional groups attached to an aromatic ring is 1. The van der Waals surface area contributed by atoms with Crippen molar-refractivity contribution in [1.82, 2.24) is 0 Å². The third kappa shape index (κ3) is 3.11. The largest absolute Gasteiger partial charge is 0.324 e. The summed E-state index contributed by atoms with van der Waals surface area (Å²) >= 11 is 0. The van der Waals surface area contributed by atoms with E-state index in [0.29, 0.717) is 5.69 Å². The van der Waals surface area contributed by atoms with Gasteiger partial charge in [-0.1, -0.05) is 6.07 Å². The summed E-state index contributed by atoms with van der Waals surface area (Å²) in [4.78, 5) is -0.137. The number of aryl methyl sites for hydroxylation is 1. The van der Waals surface area contributed by atoms with Crippen molar-refractivity contribution in [2.45, 2.75) is 11.8 Å². The van der Waals surface area contributed by atoms with Crippen LogP contribution < -0.4 is 16.0 Å². The lowest BCUT2D eigenvalue weighted by Crippen LogP contribution is -2.16. The van der Waals surface area contributed by atoms with Crippen LogP contribution in [0.1, 0.15) is 5.56 Å². The van der Waals surface area contributed by atoms with Crippen molar-refractivity contribution >= 4 is 21.4 Å². The molecule has 0 aliphatic heterocycles. The van der Waals surface area contributed by atoms with E-state index in [4.69, 9.17) is 5.84 Å². The molecule has 21 heavy (non-hydrogen) atoms. The normalized spacial score (nSPS) is 11.2. The van der Waals surface area contributed by atoms with Gasteiger partial charge in [0.25, 0.3) is 10.0 Å². The number of nitrogens with two attached hydrogens (primary N) is 1. The third-order valence-corrected chi connectivity index (χ3v) is 4.22. The fraction of sp³-hybridized carbons (Fsp3) is 0.0769. The van der Waals surface area contributed by atoms with Crippen molar-refractivity contribution in [3.05, 3.63) is 53.6 Å². The Hall–Kier alpha value is -2.19. The smallest absolute Gasteiger partial charge is 0.262 e. The maximum atomic E-state index is 13.8. The highest BCUT2D eigenvalue weighted by Crippen LogP contribution is 2.25. The fourth-order valence-corrected chi connectivity index (χ4v) is 2.74. The SMILES string of the molecule is Cc1ccc(F)c(NS(=O)(=O)c2ccc(NN)cc2)c1F. The zero-order chi connectivity index (χ0) is 15.6. The predicted molar refractivity (Wildman–Crippen MR) is 76.2 cm³/mol. The highest BCUT2D eigenvalue weighted by molar-refractivity contribution is 7.92. The second kappa shape index (κ2) is 5.66. The van der Waals surface area contributed by atoms with Gasteiger partial charge in [-0.25, -0.2) is 17.2 Å². The lowest BCUT2D eigenvalue weighted by atomic mass is 10.2. The van der Waals surface area contributed by atoms with E-state index in [1.165, 1.54) is 37.3 Å². The summed E-state index contributed by atoms with van der Waals surface area (Å²) in [6, 6.07) is 7.61. The van der Waals surface area contributed by atoms with Crippen molar-refractivity contribution in [1.29, 1.82) is 0 Å². The number of nitrogens with one attached hydrogen (secondary N) is 2. The predicted octanol–water partition coefficient (Wildman–Crippen LogP) is 2.36. The van der Waals surface area contributed by atoms with Crippen molar-refractivity contribution in [2.24, 2.45) is 5.84 Å². The van der Waals surface area contributed by atoms with Gasteiger partial charge in [-0.2, -0.15) is 0 Å². The number of sulfonamides is 1. The van der Waals surface area contributed by atoms with Crippen LogP contribution in [0.5, 0.6) is 0 Å². The van der Waals surface area contributed by atoms with Crippen LogP contribution in [0.15, 0.2) is 41.3 Å². The van der Waals surface area contributed by atoms with Gasteiger partial charge in [0.2, 0.25) is 0 Å². The summed E-state index contributed by atoms with van der Waals surface area (Å²) in [5, 5.41) is 0. The first-order chi connectivity index (χ1) is 9.85.